The Balaban J connectivity index is 2.43. The van der Waals surface area contributed by atoms with Crippen LogP contribution in [0.3, 0.4) is 0 Å². The van der Waals surface area contributed by atoms with Gasteiger partial charge >= 0.3 is 0 Å². The molecule has 6 nitrogen and oxygen atoms in total. The number of carbonyl (C=O) groups excluding carboxylic acids is 3. The summed E-state index contributed by atoms with van der Waals surface area (Å²) < 4.78 is 1.49. The highest BCUT2D eigenvalue weighted by atomic mass is 16.2. The van der Waals surface area contributed by atoms with E-state index in [0.29, 0.717) is 5.69 Å². The third-order valence-electron chi connectivity index (χ3n) is 3.20. The zero-order valence-electron chi connectivity index (χ0n) is 12.7. The van der Waals surface area contributed by atoms with Gasteiger partial charge in [-0.15, -0.1) is 0 Å². The van der Waals surface area contributed by atoms with Crippen LogP contribution in [-0.2, 0) is 16.0 Å². The Morgan fingerprint density at radius 2 is 1.91 bits per heavy atom. The fourth-order valence-electron chi connectivity index (χ4n) is 2.38. The van der Waals surface area contributed by atoms with Gasteiger partial charge in [0.2, 0.25) is 11.8 Å². The van der Waals surface area contributed by atoms with Gasteiger partial charge in [-0.3, -0.25) is 19.0 Å². The highest BCUT2D eigenvalue weighted by Gasteiger charge is 2.21. The van der Waals surface area contributed by atoms with E-state index in [1.165, 1.54) is 24.6 Å². The van der Waals surface area contributed by atoms with Crippen LogP contribution >= 0.6 is 0 Å². The van der Waals surface area contributed by atoms with Crippen LogP contribution in [0.15, 0.2) is 35.4 Å². The fraction of sp³-hybridized carbons (Fsp3) is 0.250. The molecular weight excluding hydrogens is 282 g/mol. The van der Waals surface area contributed by atoms with E-state index in [9.17, 15) is 14.4 Å². The topological polar surface area (TPSA) is 71.7 Å². The summed E-state index contributed by atoms with van der Waals surface area (Å²) in [6.45, 7) is 4.33. The molecule has 2 rings (SSSR count). The molecule has 0 atom stereocenters. The number of aromatic nitrogens is 1. The smallest absolute Gasteiger partial charge is 0.255 e. The summed E-state index contributed by atoms with van der Waals surface area (Å²) in [5, 5.41) is 5.44. The first-order valence-electron chi connectivity index (χ1n) is 6.88. The predicted octanol–water partition coefficient (Wildman–Crippen LogP) is 2.22. The van der Waals surface area contributed by atoms with Gasteiger partial charge in [-0.05, 0) is 19.1 Å². The number of rotatable bonds is 3. The van der Waals surface area contributed by atoms with E-state index in [4.69, 9.17) is 0 Å². The zero-order valence-corrected chi connectivity index (χ0v) is 12.7. The average molecular weight is 299 g/mol. The van der Waals surface area contributed by atoms with E-state index in [1.807, 2.05) is 24.3 Å². The second kappa shape index (κ2) is 6.34. The molecule has 114 valence electrons. The molecule has 22 heavy (non-hydrogen) atoms. The van der Waals surface area contributed by atoms with Crippen molar-refractivity contribution in [2.75, 3.05) is 0 Å². The molecule has 0 fully saturated rings. The first-order chi connectivity index (χ1) is 10.5. The monoisotopic (exact) mass is 299 g/mol. The van der Waals surface area contributed by atoms with Crippen LogP contribution in [0.2, 0.25) is 0 Å². The summed E-state index contributed by atoms with van der Waals surface area (Å²) >= 11 is 0. The lowest BCUT2D eigenvalue weighted by molar-refractivity contribution is -0.143. The van der Waals surface area contributed by atoms with Crippen molar-refractivity contribution in [1.29, 1.82) is 0 Å². The van der Waals surface area contributed by atoms with Crippen LogP contribution in [0.1, 0.15) is 31.3 Å². The molecule has 1 heterocycles. The number of imide groups is 1. The van der Waals surface area contributed by atoms with Crippen molar-refractivity contribution in [2.45, 2.75) is 27.2 Å². The van der Waals surface area contributed by atoms with Crippen molar-refractivity contribution in [3.63, 3.8) is 0 Å². The quantitative estimate of drug-likeness (QED) is 0.644. The van der Waals surface area contributed by atoms with Gasteiger partial charge in [0.15, 0.2) is 0 Å². The van der Waals surface area contributed by atoms with Gasteiger partial charge in [0.05, 0.1) is 11.9 Å². The molecule has 0 saturated carbocycles. The van der Waals surface area contributed by atoms with Crippen molar-refractivity contribution in [3.05, 3.63) is 36.0 Å². The zero-order chi connectivity index (χ0) is 16.3. The minimum atomic E-state index is -0.476. The van der Waals surface area contributed by atoms with Gasteiger partial charge in [-0.2, -0.15) is 10.1 Å². The first-order valence-corrected chi connectivity index (χ1v) is 6.88. The van der Waals surface area contributed by atoms with Crippen molar-refractivity contribution < 1.29 is 14.4 Å². The third kappa shape index (κ3) is 2.95. The van der Waals surface area contributed by atoms with Gasteiger partial charge in [-0.1, -0.05) is 18.2 Å². The lowest BCUT2D eigenvalue weighted by atomic mass is 10.2. The van der Waals surface area contributed by atoms with Crippen molar-refractivity contribution in [2.24, 2.45) is 5.10 Å². The third-order valence-corrected chi connectivity index (χ3v) is 3.20. The Morgan fingerprint density at radius 1 is 1.23 bits per heavy atom. The maximum absolute atomic E-state index is 12.3. The molecule has 2 aromatic rings. The maximum Gasteiger partial charge on any atom is 0.255 e. The second-order valence-electron chi connectivity index (χ2n) is 4.82. The molecule has 0 spiro atoms. The Morgan fingerprint density at radius 3 is 2.50 bits per heavy atom. The van der Waals surface area contributed by atoms with Gasteiger partial charge in [-0.25, -0.2) is 0 Å². The van der Waals surface area contributed by atoms with Gasteiger partial charge < -0.3 is 0 Å². The predicted molar refractivity (Wildman–Crippen MR) is 83.6 cm³/mol. The van der Waals surface area contributed by atoms with E-state index >= 15 is 0 Å². The number of benzene rings is 1. The van der Waals surface area contributed by atoms with Gasteiger partial charge in [0.1, 0.15) is 0 Å². The lowest BCUT2D eigenvalue weighted by Gasteiger charge is -2.13. The summed E-state index contributed by atoms with van der Waals surface area (Å²) in [7, 11) is 0. The first kappa shape index (κ1) is 15.6. The molecule has 1 aromatic heterocycles. The van der Waals surface area contributed by atoms with Crippen LogP contribution < -0.4 is 0 Å². The molecule has 2 amide bonds. The van der Waals surface area contributed by atoms with E-state index in [1.54, 1.807) is 13.0 Å². The Hall–Kier alpha value is -2.76. The number of hydrazone groups is 1. The molecule has 0 N–H and O–H groups in total. The summed E-state index contributed by atoms with van der Waals surface area (Å²) in [5.41, 5.74) is 1.28. The number of nitrogens with zero attached hydrogens (tertiary/aromatic N) is 3. The Kier molecular flexibility index (Phi) is 4.50. The van der Waals surface area contributed by atoms with Gasteiger partial charge in [0, 0.05) is 31.1 Å². The van der Waals surface area contributed by atoms with Crippen LogP contribution in [0.5, 0.6) is 0 Å². The molecule has 0 bridgehead atoms. The molecule has 0 saturated heterocycles. The molecule has 0 radical (unpaired) electrons. The van der Waals surface area contributed by atoms with Crippen LogP contribution in [-0.4, -0.2) is 33.5 Å². The van der Waals surface area contributed by atoms with E-state index in [-0.39, 0.29) is 12.3 Å². The molecule has 0 aliphatic carbocycles. The minimum Gasteiger partial charge on any atom is -0.284 e. The highest BCUT2D eigenvalue weighted by Crippen LogP contribution is 2.20. The van der Waals surface area contributed by atoms with Crippen molar-refractivity contribution >= 4 is 34.8 Å². The number of hydrogen-bond donors (Lipinski definition) is 0. The van der Waals surface area contributed by atoms with Crippen molar-refractivity contribution in [1.82, 2.24) is 9.58 Å². The largest absolute Gasteiger partial charge is 0.284 e. The van der Waals surface area contributed by atoms with E-state index in [0.717, 1.165) is 15.9 Å². The average Bonchev–Trinajstić information content (AvgIpc) is 2.81. The van der Waals surface area contributed by atoms with Crippen molar-refractivity contribution in [3.8, 4) is 0 Å². The van der Waals surface area contributed by atoms with Crippen LogP contribution in [0.4, 0.5) is 0 Å². The molecular formula is C16H17N3O3. The minimum absolute atomic E-state index is 0.0782. The van der Waals surface area contributed by atoms with E-state index in [2.05, 4.69) is 5.10 Å². The lowest BCUT2D eigenvalue weighted by Crippen LogP contribution is -2.32. The standard InChI is InChI=1S/C16H17N3O3/c1-4-17-19(12(3)21)16(22)10-14-9-13-7-5-6-8-15(13)18(14)11(2)20/h4-9H,10H2,1-3H3/b17-4-. The van der Waals surface area contributed by atoms with Crippen LogP contribution in [0, 0.1) is 0 Å². The Bertz CT molecular complexity index is 774. The number of carbonyl (C=O) groups is 3. The Labute approximate surface area is 128 Å². The molecule has 0 aliphatic heterocycles. The summed E-state index contributed by atoms with van der Waals surface area (Å²) in [5.74, 6) is -1.12. The number of hydrogen-bond acceptors (Lipinski definition) is 4. The summed E-state index contributed by atoms with van der Waals surface area (Å²) in [4.78, 5) is 35.6. The van der Waals surface area contributed by atoms with E-state index < -0.39 is 11.8 Å². The molecule has 1 aromatic carbocycles. The summed E-state index contributed by atoms with van der Waals surface area (Å²) in [6.07, 6.45) is 1.30. The highest BCUT2D eigenvalue weighted by molar-refractivity contribution is 5.98. The SMILES string of the molecule is C/C=N\N(C(C)=O)C(=O)Cc1cc2ccccc2n1C(C)=O. The maximum atomic E-state index is 12.3. The number of fused-ring (bicyclic) bond motifs is 1. The molecule has 0 unspecified atom stereocenters. The molecule has 6 heteroatoms. The molecule has 0 aliphatic rings. The summed E-state index contributed by atoms with van der Waals surface area (Å²) in [6, 6.07) is 9.16. The fourth-order valence-corrected chi connectivity index (χ4v) is 2.38. The number of amides is 2. The number of para-hydroxylation sites is 1. The normalized spacial score (nSPS) is 11.0. The van der Waals surface area contributed by atoms with Gasteiger partial charge in [0.25, 0.3) is 5.91 Å². The second-order valence-corrected chi connectivity index (χ2v) is 4.82. The van der Waals surface area contributed by atoms with Crippen LogP contribution in [0.25, 0.3) is 10.9 Å².